The van der Waals surface area contributed by atoms with Gasteiger partial charge in [-0.05, 0) is 48.5 Å². The molecular weight excluding hydrogens is 412 g/mol. The van der Waals surface area contributed by atoms with Crippen molar-refractivity contribution in [2.24, 2.45) is 0 Å². The Morgan fingerprint density at radius 1 is 0.581 bits per heavy atom. The number of ether oxygens (including phenoxy) is 2. The number of benzene rings is 4. The zero-order chi connectivity index (χ0) is 21.8. The van der Waals surface area contributed by atoms with Gasteiger partial charge < -0.3 is 20.9 Å². The predicted octanol–water partition coefficient (Wildman–Crippen LogP) is 5.27. The Labute approximate surface area is 180 Å². The lowest BCUT2D eigenvalue weighted by Crippen LogP contribution is -2.05. The van der Waals surface area contributed by atoms with Crippen molar-refractivity contribution in [2.75, 3.05) is 11.5 Å². The fourth-order valence-electron chi connectivity index (χ4n) is 2.97. The molecule has 0 saturated carbocycles. The zero-order valence-electron chi connectivity index (χ0n) is 16.4. The molecule has 0 saturated heterocycles. The van der Waals surface area contributed by atoms with Crippen molar-refractivity contribution in [3.63, 3.8) is 0 Å². The standard InChI is InChI=1S/C24H20N2O4S/c25-19-10-4-6-12-21(19)29-17-14-15-24(31(27,28)18-8-2-1-3-9-18)23(16-17)30-22-13-7-5-11-20(22)26/h1-16H,25-26H2. The number of para-hydroxylation sites is 4. The maximum absolute atomic E-state index is 13.3. The largest absolute Gasteiger partial charge is 0.455 e. The molecule has 0 fully saturated rings. The Balaban J connectivity index is 1.81. The molecular formula is C24H20N2O4S. The fourth-order valence-corrected chi connectivity index (χ4v) is 4.35. The molecule has 0 aliphatic heterocycles. The smallest absolute Gasteiger partial charge is 0.210 e. The molecule has 6 nitrogen and oxygen atoms in total. The maximum Gasteiger partial charge on any atom is 0.210 e. The Hall–Kier alpha value is -3.97. The Bertz CT molecular complexity index is 1320. The lowest BCUT2D eigenvalue weighted by molar-refractivity contribution is 0.452. The molecule has 0 bridgehead atoms. The Morgan fingerprint density at radius 3 is 1.74 bits per heavy atom. The molecule has 7 heteroatoms. The van der Waals surface area contributed by atoms with Crippen LogP contribution in [0, 0.1) is 0 Å². The van der Waals surface area contributed by atoms with Crippen LogP contribution in [0.1, 0.15) is 0 Å². The molecule has 0 heterocycles. The van der Waals surface area contributed by atoms with E-state index >= 15 is 0 Å². The van der Waals surface area contributed by atoms with Crippen molar-refractivity contribution >= 4 is 21.2 Å². The summed E-state index contributed by atoms with van der Waals surface area (Å²) in [5, 5.41) is 0. The molecule has 4 N–H and O–H groups in total. The number of anilines is 2. The van der Waals surface area contributed by atoms with Crippen molar-refractivity contribution in [1.82, 2.24) is 0 Å². The summed E-state index contributed by atoms with van der Waals surface area (Å²) >= 11 is 0. The van der Waals surface area contributed by atoms with Crippen LogP contribution in [0.25, 0.3) is 0 Å². The summed E-state index contributed by atoms with van der Waals surface area (Å²) in [6, 6.07) is 26.5. The molecule has 0 spiro atoms. The first-order chi connectivity index (χ1) is 14.9. The van der Waals surface area contributed by atoms with E-state index in [4.69, 9.17) is 20.9 Å². The third-order valence-electron chi connectivity index (χ3n) is 4.54. The molecule has 0 amide bonds. The van der Waals surface area contributed by atoms with Crippen LogP contribution in [-0.2, 0) is 9.84 Å². The normalized spacial score (nSPS) is 11.1. The van der Waals surface area contributed by atoms with Gasteiger partial charge in [0.15, 0.2) is 0 Å². The molecule has 31 heavy (non-hydrogen) atoms. The minimum absolute atomic E-state index is 0.00432. The van der Waals surface area contributed by atoms with Gasteiger partial charge in [0.1, 0.15) is 27.9 Å². The number of hydrogen-bond acceptors (Lipinski definition) is 6. The van der Waals surface area contributed by atoms with E-state index in [9.17, 15) is 8.42 Å². The average molecular weight is 433 g/mol. The third-order valence-corrected chi connectivity index (χ3v) is 6.35. The van der Waals surface area contributed by atoms with Crippen molar-refractivity contribution in [3.8, 4) is 23.0 Å². The Kier molecular flexibility index (Phi) is 5.51. The van der Waals surface area contributed by atoms with Crippen molar-refractivity contribution < 1.29 is 17.9 Å². The van der Waals surface area contributed by atoms with Crippen molar-refractivity contribution in [2.45, 2.75) is 9.79 Å². The van der Waals surface area contributed by atoms with Gasteiger partial charge in [-0.1, -0.05) is 42.5 Å². The molecule has 4 rings (SSSR count). The molecule has 0 aliphatic rings. The summed E-state index contributed by atoms with van der Waals surface area (Å²) < 4.78 is 38.4. The van der Waals surface area contributed by atoms with Gasteiger partial charge in [-0.15, -0.1) is 0 Å². The minimum Gasteiger partial charge on any atom is -0.455 e. The number of nitrogen functional groups attached to an aromatic ring is 2. The van der Waals surface area contributed by atoms with E-state index in [1.807, 2.05) is 0 Å². The van der Waals surface area contributed by atoms with Gasteiger partial charge in [0.25, 0.3) is 0 Å². The van der Waals surface area contributed by atoms with Crippen LogP contribution in [-0.4, -0.2) is 8.42 Å². The van der Waals surface area contributed by atoms with Crippen LogP contribution in [0.2, 0.25) is 0 Å². The Morgan fingerprint density at radius 2 is 1.13 bits per heavy atom. The van der Waals surface area contributed by atoms with Crippen LogP contribution in [0.15, 0.2) is 107 Å². The van der Waals surface area contributed by atoms with Gasteiger partial charge >= 0.3 is 0 Å². The van der Waals surface area contributed by atoms with Gasteiger partial charge in [0, 0.05) is 6.07 Å². The van der Waals surface area contributed by atoms with E-state index in [-0.39, 0.29) is 15.5 Å². The van der Waals surface area contributed by atoms with Crippen LogP contribution in [0.3, 0.4) is 0 Å². The molecule has 4 aromatic carbocycles. The van der Waals surface area contributed by atoms with Crippen molar-refractivity contribution in [3.05, 3.63) is 97.1 Å². The fraction of sp³-hybridized carbons (Fsp3) is 0. The lowest BCUT2D eigenvalue weighted by Gasteiger charge is -2.15. The highest BCUT2D eigenvalue weighted by atomic mass is 32.2. The molecule has 0 aliphatic carbocycles. The molecule has 156 valence electrons. The monoisotopic (exact) mass is 432 g/mol. The second kappa shape index (κ2) is 8.41. The van der Waals surface area contributed by atoms with E-state index in [2.05, 4.69) is 0 Å². The van der Waals surface area contributed by atoms with Gasteiger partial charge in [-0.3, -0.25) is 0 Å². The second-order valence-electron chi connectivity index (χ2n) is 6.70. The molecule has 0 aromatic heterocycles. The number of sulfone groups is 1. The van der Waals surface area contributed by atoms with Crippen LogP contribution < -0.4 is 20.9 Å². The number of nitrogens with two attached hydrogens (primary N) is 2. The summed E-state index contributed by atoms with van der Waals surface area (Å²) in [6.07, 6.45) is 0. The lowest BCUT2D eigenvalue weighted by atomic mass is 10.2. The molecule has 0 unspecified atom stereocenters. The maximum atomic E-state index is 13.3. The summed E-state index contributed by atoms with van der Waals surface area (Å²) in [7, 11) is -3.85. The topological polar surface area (TPSA) is 105 Å². The first kappa shape index (κ1) is 20.3. The summed E-state index contributed by atoms with van der Waals surface area (Å²) in [4.78, 5) is 0.150. The first-order valence-electron chi connectivity index (χ1n) is 9.44. The van der Waals surface area contributed by atoms with E-state index in [0.717, 1.165) is 0 Å². The second-order valence-corrected chi connectivity index (χ2v) is 8.62. The first-order valence-corrected chi connectivity index (χ1v) is 10.9. The SMILES string of the molecule is Nc1ccccc1Oc1ccc(S(=O)(=O)c2ccccc2)c(Oc2ccccc2N)c1. The van der Waals surface area contributed by atoms with E-state index in [1.165, 1.54) is 24.3 Å². The summed E-state index contributed by atoms with van der Waals surface area (Å²) in [5.74, 6) is 1.25. The quantitative estimate of drug-likeness (QED) is 0.402. The molecule has 0 radical (unpaired) electrons. The van der Waals surface area contributed by atoms with Crippen LogP contribution in [0.5, 0.6) is 23.0 Å². The highest BCUT2D eigenvalue weighted by molar-refractivity contribution is 7.91. The third kappa shape index (κ3) is 4.31. The number of rotatable bonds is 6. The van der Waals surface area contributed by atoms with Gasteiger partial charge in [-0.2, -0.15) is 0 Å². The summed E-state index contributed by atoms with van der Waals surface area (Å²) in [6.45, 7) is 0. The zero-order valence-corrected chi connectivity index (χ0v) is 17.3. The molecule has 0 atom stereocenters. The van der Waals surface area contributed by atoms with Gasteiger partial charge in [0.2, 0.25) is 9.84 Å². The van der Waals surface area contributed by atoms with Crippen molar-refractivity contribution in [1.29, 1.82) is 0 Å². The summed E-state index contributed by atoms with van der Waals surface area (Å²) in [5.41, 5.74) is 12.8. The van der Waals surface area contributed by atoms with Gasteiger partial charge in [0.05, 0.1) is 16.3 Å². The van der Waals surface area contributed by atoms with Crippen LogP contribution >= 0.6 is 0 Å². The van der Waals surface area contributed by atoms with Gasteiger partial charge in [-0.25, -0.2) is 8.42 Å². The highest BCUT2D eigenvalue weighted by Gasteiger charge is 2.24. The highest BCUT2D eigenvalue weighted by Crippen LogP contribution is 2.38. The van der Waals surface area contributed by atoms with E-state index < -0.39 is 9.84 Å². The number of hydrogen-bond donors (Lipinski definition) is 2. The minimum atomic E-state index is -3.85. The predicted molar refractivity (Wildman–Crippen MR) is 120 cm³/mol. The average Bonchev–Trinajstić information content (AvgIpc) is 2.78. The molecule has 4 aromatic rings. The van der Waals surface area contributed by atoms with Crippen LogP contribution in [0.4, 0.5) is 11.4 Å². The van der Waals surface area contributed by atoms with E-state index in [0.29, 0.717) is 28.6 Å². The van der Waals surface area contributed by atoms with E-state index in [1.54, 1.807) is 72.8 Å².